The number of anilines is 1. The number of nitrogen functional groups attached to an aromatic ring is 1. The molecular weight excluding hydrogens is 596 g/mol. The first-order valence-electron chi connectivity index (χ1n) is 15.9. The lowest BCUT2D eigenvalue weighted by Gasteiger charge is -2.22. The molecule has 0 saturated carbocycles. The lowest BCUT2D eigenvalue weighted by Crippen LogP contribution is -2.30. The molecule has 0 aliphatic rings. The molecule has 48 heavy (non-hydrogen) atoms. The molecule has 1 heterocycles. The number of carbonyl (C=O) groups excluding carboxylic acids is 2. The first-order valence-corrected chi connectivity index (χ1v) is 15.9. The second-order valence-corrected chi connectivity index (χ2v) is 13.5. The zero-order chi connectivity index (χ0) is 35.4. The van der Waals surface area contributed by atoms with Crippen molar-refractivity contribution in [3.8, 4) is 23.1 Å². The number of fused-ring (bicyclic) bond motifs is 1. The van der Waals surface area contributed by atoms with Crippen LogP contribution in [0.4, 0.5) is 5.69 Å². The van der Waals surface area contributed by atoms with Crippen LogP contribution in [0, 0.1) is 39.5 Å². The van der Waals surface area contributed by atoms with Gasteiger partial charge in [-0.05, 0) is 138 Å². The third-order valence-electron chi connectivity index (χ3n) is 8.60. The van der Waals surface area contributed by atoms with Gasteiger partial charge in [-0.25, -0.2) is 0 Å². The Labute approximate surface area is 284 Å². The van der Waals surface area contributed by atoms with Crippen molar-refractivity contribution in [1.82, 2.24) is 4.98 Å². The number of ether oxygens (including phenoxy) is 2. The van der Waals surface area contributed by atoms with Crippen LogP contribution in [-0.4, -0.2) is 31.1 Å². The van der Waals surface area contributed by atoms with E-state index in [0.29, 0.717) is 11.3 Å². The van der Waals surface area contributed by atoms with Crippen LogP contribution in [0.25, 0.3) is 22.2 Å². The summed E-state index contributed by atoms with van der Waals surface area (Å²) in [6.45, 7) is 15.7. The topological polar surface area (TPSA) is 94.4 Å². The predicted molar refractivity (Wildman–Crippen MR) is 196 cm³/mol. The van der Waals surface area contributed by atoms with Crippen molar-refractivity contribution < 1.29 is 19.1 Å². The number of esters is 2. The summed E-state index contributed by atoms with van der Waals surface area (Å²) >= 11 is 0. The summed E-state index contributed by atoms with van der Waals surface area (Å²) in [5.41, 5.74) is 16.8. The van der Waals surface area contributed by atoms with Crippen molar-refractivity contribution in [2.75, 3.05) is 20.0 Å². The van der Waals surface area contributed by atoms with E-state index in [1.165, 1.54) is 42.0 Å². The van der Waals surface area contributed by atoms with Gasteiger partial charge in [-0.2, -0.15) is 0 Å². The molecule has 0 bridgehead atoms. The van der Waals surface area contributed by atoms with Gasteiger partial charge in [0.05, 0.1) is 25.0 Å². The number of hydrogen-bond acceptors (Lipinski definition) is 5. The fourth-order valence-corrected chi connectivity index (χ4v) is 5.79. The maximum Gasteiger partial charge on any atom is 0.315 e. The van der Waals surface area contributed by atoms with Gasteiger partial charge in [-0.15, -0.1) is 0 Å². The minimum Gasteiger partial charge on any atom is -0.468 e. The van der Waals surface area contributed by atoms with Gasteiger partial charge in [0.2, 0.25) is 0 Å². The largest absolute Gasteiger partial charge is 0.468 e. The first kappa shape index (κ1) is 35.6. The van der Waals surface area contributed by atoms with Crippen molar-refractivity contribution >= 4 is 28.5 Å². The number of hydrogen-bond donors (Lipinski definition) is 2. The number of aryl methyl sites for hydroxylation is 4. The summed E-state index contributed by atoms with van der Waals surface area (Å²) in [4.78, 5) is 27.5. The Morgan fingerprint density at radius 2 is 1.15 bits per heavy atom. The molecule has 0 spiro atoms. The van der Waals surface area contributed by atoms with E-state index in [1.807, 2.05) is 77.9 Å². The SMILES string of the molecule is COC(=O)C(C)(C)c1ccc(N)c(C#Cc2cc(C)cc(C)c2)c1.COC(=O)C(C)(C)c1ccc2[nH]c(-c3cc(C)cc(C)c3)cc2c1. The summed E-state index contributed by atoms with van der Waals surface area (Å²) in [5.74, 6) is 5.76. The van der Waals surface area contributed by atoms with Crippen LogP contribution in [0.5, 0.6) is 0 Å². The van der Waals surface area contributed by atoms with Gasteiger partial charge in [0, 0.05) is 33.4 Å². The van der Waals surface area contributed by atoms with Crippen molar-refractivity contribution in [1.29, 1.82) is 0 Å². The third kappa shape index (κ3) is 7.98. The molecule has 0 atom stereocenters. The van der Waals surface area contributed by atoms with Crippen LogP contribution in [-0.2, 0) is 29.9 Å². The molecule has 5 rings (SSSR count). The minimum absolute atomic E-state index is 0.230. The van der Waals surface area contributed by atoms with Crippen molar-refractivity contribution in [2.45, 2.75) is 66.2 Å². The summed E-state index contributed by atoms with van der Waals surface area (Å²) in [6, 6.07) is 26.4. The Morgan fingerprint density at radius 3 is 1.69 bits per heavy atom. The van der Waals surface area contributed by atoms with E-state index in [0.717, 1.165) is 33.3 Å². The van der Waals surface area contributed by atoms with E-state index in [1.54, 1.807) is 6.07 Å². The highest BCUT2D eigenvalue weighted by Crippen LogP contribution is 2.31. The van der Waals surface area contributed by atoms with E-state index >= 15 is 0 Å². The fraction of sp³-hybridized carbons (Fsp3) is 0.286. The number of methoxy groups -OCH3 is 2. The molecule has 0 aliphatic carbocycles. The molecule has 0 aliphatic heterocycles. The highest BCUT2D eigenvalue weighted by atomic mass is 16.5. The van der Waals surface area contributed by atoms with Crippen LogP contribution < -0.4 is 5.73 Å². The summed E-state index contributed by atoms with van der Waals surface area (Å²) in [6.07, 6.45) is 0. The number of nitrogens with two attached hydrogens (primary N) is 1. The number of rotatable bonds is 5. The lowest BCUT2D eigenvalue weighted by molar-refractivity contribution is -0.147. The fourth-order valence-electron chi connectivity index (χ4n) is 5.79. The molecule has 6 heteroatoms. The Kier molecular flexibility index (Phi) is 10.5. The summed E-state index contributed by atoms with van der Waals surface area (Å²) in [5, 5.41) is 1.10. The smallest absolute Gasteiger partial charge is 0.315 e. The molecule has 3 N–H and O–H groups in total. The van der Waals surface area contributed by atoms with E-state index in [9.17, 15) is 9.59 Å². The molecule has 6 nitrogen and oxygen atoms in total. The number of aromatic nitrogens is 1. The molecule has 0 fully saturated rings. The average molecular weight is 643 g/mol. The molecule has 4 aromatic carbocycles. The first-order chi connectivity index (χ1) is 22.5. The van der Waals surface area contributed by atoms with Gasteiger partial charge in [0.25, 0.3) is 0 Å². The highest BCUT2D eigenvalue weighted by Gasteiger charge is 2.32. The molecule has 0 saturated heterocycles. The maximum absolute atomic E-state index is 12.0. The molecule has 248 valence electrons. The molecule has 0 unspecified atom stereocenters. The summed E-state index contributed by atoms with van der Waals surface area (Å²) < 4.78 is 9.82. The molecular formula is C42H46N2O4. The lowest BCUT2D eigenvalue weighted by atomic mass is 9.83. The van der Waals surface area contributed by atoms with Gasteiger partial charge in [0.15, 0.2) is 0 Å². The Balaban J connectivity index is 0.000000217. The third-order valence-corrected chi connectivity index (χ3v) is 8.60. The number of benzene rings is 4. The van der Waals surface area contributed by atoms with E-state index in [2.05, 4.69) is 67.1 Å². The average Bonchev–Trinajstić information content (AvgIpc) is 3.47. The van der Waals surface area contributed by atoms with E-state index in [-0.39, 0.29) is 11.9 Å². The van der Waals surface area contributed by atoms with Crippen molar-refractivity contribution in [3.05, 3.63) is 123 Å². The molecule has 5 aromatic rings. The van der Waals surface area contributed by atoms with Crippen molar-refractivity contribution in [2.24, 2.45) is 0 Å². The number of aromatic amines is 1. The molecule has 0 radical (unpaired) electrons. The van der Waals surface area contributed by atoms with Gasteiger partial charge in [-0.3, -0.25) is 9.59 Å². The zero-order valence-corrected chi connectivity index (χ0v) is 29.7. The normalized spacial score (nSPS) is 11.2. The van der Waals surface area contributed by atoms with E-state index < -0.39 is 10.8 Å². The highest BCUT2D eigenvalue weighted by molar-refractivity contribution is 5.89. The Morgan fingerprint density at radius 1 is 0.646 bits per heavy atom. The predicted octanol–water partition coefficient (Wildman–Crippen LogP) is 8.64. The summed E-state index contributed by atoms with van der Waals surface area (Å²) in [7, 11) is 2.82. The second-order valence-electron chi connectivity index (χ2n) is 13.5. The number of nitrogens with one attached hydrogen (secondary N) is 1. The van der Waals surface area contributed by atoms with Gasteiger partial charge < -0.3 is 20.2 Å². The second kappa shape index (κ2) is 14.2. The number of H-pyrrole nitrogens is 1. The van der Waals surface area contributed by atoms with Crippen LogP contribution in [0.1, 0.15) is 72.2 Å². The van der Waals surface area contributed by atoms with Crippen LogP contribution in [0.2, 0.25) is 0 Å². The Hall–Kier alpha value is -5.28. The van der Waals surface area contributed by atoms with E-state index in [4.69, 9.17) is 15.2 Å². The van der Waals surface area contributed by atoms with Gasteiger partial charge in [0.1, 0.15) is 0 Å². The Bertz CT molecular complexity index is 2010. The zero-order valence-electron chi connectivity index (χ0n) is 29.7. The van der Waals surface area contributed by atoms with Gasteiger partial charge >= 0.3 is 11.9 Å². The molecule has 0 amide bonds. The number of carbonyl (C=O) groups is 2. The quantitative estimate of drug-likeness (QED) is 0.114. The van der Waals surface area contributed by atoms with Crippen molar-refractivity contribution in [3.63, 3.8) is 0 Å². The van der Waals surface area contributed by atoms with Crippen LogP contribution >= 0.6 is 0 Å². The van der Waals surface area contributed by atoms with Gasteiger partial charge in [-0.1, -0.05) is 47.2 Å². The minimum atomic E-state index is -0.751. The maximum atomic E-state index is 12.0. The van der Waals surface area contributed by atoms with Crippen LogP contribution in [0.15, 0.2) is 78.9 Å². The standard InChI is InChI=1S/2C21H23NO2/c1-13-8-14(2)10-15(9-13)19-12-16-11-17(6-7-18(16)22-19)21(3,4)20(23)24-5;1-14-10-15(2)12-16(11-14)6-7-17-13-18(8-9-19(17)22)21(3,4)20(23)24-5/h6-12,22H,1-5H3;8-13H,22H2,1-5H3. The van der Waals surface area contributed by atoms with Crippen LogP contribution in [0.3, 0.4) is 0 Å². The molecule has 1 aromatic heterocycles. The monoisotopic (exact) mass is 642 g/mol.